The first kappa shape index (κ1) is 20.6. The number of hydrogen-bond donors (Lipinski definition) is 2. The van der Waals surface area contributed by atoms with Gasteiger partial charge in [-0.05, 0) is 37.7 Å². The molecule has 0 atom stereocenters. The number of rotatable bonds is 6. The zero-order valence-electron chi connectivity index (χ0n) is 16.4. The molecule has 0 amide bonds. The van der Waals surface area contributed by atoms with Crippen LogP contribution in [0.2, 0.25) is 10.0 Å². The Kier molecular flexibility index (Phi) is 5.93. The van der Waals surface area contributed by atoms with Gasteiger partial charge >= 0.3 is 0 Å². The van der Waals surface area contributed by atoms with Crippen molar-refractivity contribution in [3.8, 4) is 11.1 Å². The highest BCUT2D eigenvalue weighted by molar-refractivity contribution is 6.39. The number of nitrogen functional groups attached to an aromatic ring is 1. The zero-order chi connectivity index (χ0) is 20.5. The minimum absolute atomic E-state index is 0.0684. The van der Waals surface area contributed by atoms with Crippen LogP contribution in [0.1, 0.15) is 13.8 Å². The van der Waals surface area contributed by atoms with Crippen molar-refractivity contribution in [2.75, 3.05) is 38.2 Å². The van der Waals surface area contributed by atoms with Crippen LogP contribution in [0.5, 0.6) is 0 Å². The molecule has 0 fully saturated rings. The van der Waals surface area contributed by atoms with Crippen molar-refractivity contribution >= 4 is 46.0 Å². The minimum Gasteiger partial charge on any atom is -0.383 e. The molecule has 8 heteroatoms. The average Bonchev–Trinajstić information content (AvgIpc) is 2.59. The second-order valence-corrected chi connectivity index (χ2v) is 8.69. The number of aromatic nitrogens is 3. The van der Waals surface area contributed by atoms with E-state index in [1.54, 1.807) is 24.4 Å². The number of hydrogen-bond acceptors (Lipinski definition) is 6. The fourth-order valence-corrected chi connectivity index (χ4v) is 3.85. The summed E-state index contributed by atoms with van der Waals surface area (Å²) in [6.07, 6.45) is 1.73. The van der Waals surface area contributed by atoms with Gasteiger partial charge in [-0.25, -0.2) is 9.97 Å². The number of halogens is 2. The Labute approximate surface area is 175 Å². The number of benzene rings is 1. The summed E-state index contributed by atoms with van der Waals surface area (Å²) in [5, 5.41) is 5.09. The van der Waals surface area contributed by atoms with Crippen molar-refractivity contribution in [3.05, 3.63) is 40.5 Å². The van der Waals surface area contributed by atoms with Gasteiger partial charge in [0.2, 0.25) is 5.95 Å². The molecule has 148 valence electrons. The molecule has 0 aliphatic heterocycles. The van der Waals surface area contributed by atoms with Crippen LogP contribution in [0, 0.1) is 5.41 Å². The van der Waals surface area contributed by atoms with Crippen LogP contribution in [0.4, 0.5) is 11.8 Å². The molecule has 3 aromatic rings. The number of pyridine rings is 1. The lowest BCUT2D eigenvalue weighted by Gasteiger charge is -2.28. The van der Waals surface area contributed by atoms with Gasteiger partial charge in [-0.15, -0.1) is 0 Å². The molecule has 0 aliphatic rings. The molecule has 6 nitrogen and oxygen atoms in total. The molecule has 0 saturated carbocycles. The van der Waals surface area contributed by atoms with E-state index >= 15 is 0 Å². The average molecular weight is 419 g/mol. The van der Waals surface area contributed by atoms with Crippen molar-refractivity contribution in [2.24, 2.45) is 5.41 Å². The van der Waals surface area contributed by atoms with Crippen LogP contribution < -0.4 is 11.1 Å². The summed E-state index contributed by atoms with van der Waals surface area (Å²) >= 11 is 12.6. The quantitative estimate of drug-likeness (QED) is 0.609. The minimum atomic E-state index is 0.0684. The number of fused-ring (bicyclic) bond motifs is 1. The predicted octanol–water partition coefficient (Wildman–Crippen LogP) is 4.58. The van der Waals surface area contributed by atoms with E-state index in [2.05, 4.69) is 53.1 Å². The van der Waals surface area contributed by atoms with E-state index in [0.717, 1.165) is 18.5 Å². The van der Waals surface area contributed by atoms with Gasteiger partial charge in [0.1, 0.15) is 5.82 Å². The van der Waals surface area contributed by atoms with E-state index in [1.165, 1.54) is 0 Å². The molecule has 0 saturated heterocycles. The topological polar surface area (TPSA) is 80.0 Å². The predicted molar refractivity (Wildman–Crippen MR) is 118 cm³/mol. The molecule has 0 spiro atoms. The Morgan fingerprint density at radius 2 is 1.82 bits per heavy atom. The number of nitrogens with one attached hydrogen (secondary N) is 1. The van der Waals surface area contributed by atoms with Gasteiger partial charge in [-0.2, -0.15) is 4.98 Å². The van der Waals surface area contributed by atoms with E-state index < -0.39 is 0 Å². The molecule has 28 heavy (non-hydrogen) atoms. The van der Waals surface area contributed by atoms with Crippen LogP contribution in [-0.4, -0.2) is 47.0 Å². The highest BCUT2D eigenvalue weighted by Crippen LogP contribution is 2.38. The molecule has 0 radical (unpaired) electrons. The molecule has 0 aliphatic carbocycles. The summed E-state index contributed by atoms with van der Waals surface area (Å²) in [4.78, 5) is 15.5. The molecular weight excluding hydrogens is 395 g/mol. The molecule has 2 aromatic heterocycles. The fraction of sp³-hybridized carbons (Fsp3) is 0.350. The summed E-state index contributed by atoms with van der Waals surface area (Å²) < 4.78 is 0. The first-order valence-electron chi connectivity index (χ1n) is 8.92. The van der Waals surface area contributed by atoms with E-state index in [-0.39, 0.29) is 5.41 Å². The molecule has 3 N–H and O–H groups in total. The Balaban J connectivity index is 1.91. The van der Waals surface area contributed by atoms with Gasteiger partial charge < -0.3 is 16.0 Å². The van der Waals surface area contributed by atoms with Crippen LogP contribution >= 0.6 is 23.2 Å². The van der Waals surface area contributed by atoms with E-state index in [9.17, 15) is 0 Å². The van der Waals surface area contributed by atoms with Gasteiger partial charge in [0.15, 0.2) is 5.65 Å². The first-order chi connectivity index (χ1) is 13.2. The van der Waals surface area contributed by atoms with E-state index in [1.807, 2.05) is 6.07 Å². The van der Waals surface area contributed by atoms with Crippen molar-refractivity contribution in [1.82, 2.24) is 19.9 Å². The monoisotopic (exact) mass is 418 g/mol. The van der Waals surface area contributed by atoms with E-state index in [4.69, 9.17) is 28.9 Å². The highest BCUT2D eigenvalue weighted by Gasteiger charge is 2.19. The summed E-state index contributed by atoms with van der Waals surface area (Å²) in [5.41, 5.74) is 8.10. The standard InChI is InChI=1S/C20H24Cl2N6/c1-20(2,11-28(3)4)10-25-19-24-9-12-8-13(17(23)26-18(12)27-19)16-14(21)6-5-7-15(16)22/h5-9H,10-11H2,1-4H3,(H3,23,24,25,26,27). The summed E-state index contributed by atoms with van der Waals surface area (Å²) in [6, 6.07) is 7.19. The van der Waals surface area contributed by atoms with Gasteiger partial charge in [0.25, 0.3) is 0 Å². The van der Waals surface area contributed by atoms with E-state index in [0.29, 0.717) is 38.6 Å². The molecule has 0 bridgehead atoms. The lowest BCUT2D eigenvalue weighted by atomic mass is 9.93. The second kappa shape index (κ2) is 8.07. The van der Waals surface area contributed by atoms with Crippen LogP contribution in [0.25, 0.3) is 22.2 Å². The Morgan fingerprint density at radius 3 is 2.46 bits per heavy atom. The third kappa shape index (κ3) is 4.63. The molecular formula is C20H24Cl2N6. The molecule has 1 aromatic carbocycles. The maximum absolute atomic E-state index is 6.32. The van der Waals surface area contributed by atoms with Crippen LogP contribution in [0.15, 0.2) is 30.5 Å². The third-order valence-electron chi connectivity index (χ3n) is 4.30. The zero-order valence-corrected chi connectivity index (χ0v) is 17.9. The van der Waals surface area contributed by atoms with Gasteiger partial charge in [-0.1, -0.05) is 43.1 Å². The fourth-order valence-electron chi connectivity index (χ4n) is 3.25. The van der Waals surface area contributed by atoms with Crippen molar-refractivity contribution < 1.29 is 0 Å². The maximum atomic E-state index is 6.32. The summed E-state index contributed by atoms with van der Waals surface area (Å²) in [6.45, 7) is 6.06. The molecule has 3 rings (SSSR count). The first-order valence-corrected chi connectivity index (χ1v) is 9.68. The van der Waals surface area contributed by atoms with Gasteiger partial charge in [0, 0.05) is 35.8 Å². The van der Waals surface area contributed by atoms with Gasteiger partial charge in [-0.3, -0.25) is 0 Å². The largest absolute Gasteiger partial charge is 0.383 e. The number of anilines is 2. The summed E-state index contributed by atoms with van der Waals surface area (Å²) in [7, 11) is 4.12. The number of nitrogens with two attached hydrogens (primary N) is 1. The van der Waals surface area contributed by atoms with Crippen molar-refractivity contribution in [3.63, 3.8) is 0 Å². The maximum Gasteiger partial charge on any atom is 0.224 e. The van der Waals surface area contributed by atoms with Crippen molar-refractivity contribution in [1.29, 1.82) is 0 Å². The normalized spacial score (nSPS) is 12.0. The van der Waals surface area contributed by atoms with Crippen molar-refractivity contribution in [2.45, 2.75) is 13.8 Å². The highest BCUT2D eigenvalue weighted by atomic mass is 35.5. The SMILES string of the molecule is CN(C)CC(C)(C)CNc1ncc2cc(-c3c(Cl)cccc3Cl)c(N)nc2n1. The lowest BCUT2D eigenvalue weighted by molar-refractivity contribution is 0.254. The van der Waals surface area contributed by atoms with Crippen LogP contribution in [-0.2, 0) is 0 Å². The Morgan fingerprint density at radius 1 is 1.14 bits per heavy atom. The third-order valence-corrected chi connectivity index (χ3v) is 4.93. The van der Waals surface area contributed by atoms with Crippen LogP contribution in [0.3, 0.4) is 0 Å². The lowest BCUT2D eigenvalue weighted by Crippen LogP contribution is -2.34. The smallest absolute Gasteiger partial charge is 0.224 e. The second-order valence-electron chi connectivity index (χ2n) is 7.88. The van der Waals surface area contributed by atoms with Gasteiger partial charge in [0.05, 0.1) is 10.0 Å². The summed E-state index contributed by atoms with van der Waals surface area (Å²) in [5.74, 6) is 0.842. The Hall–Kier alpha value is -2.15. The number of nitrogens with zero attached hydrogens (tertiary/aromatic N) is 4. The Bertz CT molecular complexity index is 983. The molecule has 2 heterocycles. The molecule has 0 unspecified atom stereocenters.